The minimum Gasteiger partial charge on any atom is -0.444 e. The molecule has 3 amide bonds. The van der Waals surface area contributed by atoms with E-state index in [1.807, 2.05) is 17.0 Å². The molecule has 1 aliphatic rings. The van der Waals surface area contributed by atoms with Crippen LogP contribution >= 0.6 is 0 Å². The molecule has 1 fully saturated rings. The van der Waals surface area contributed by atoms with Crippen molar-refractivity contribution in [3.8, 4) is 0 Å². The number of carbonyl (C=O) groups excluding carboxylic acids is 3. The van der Waals surface area contributed by atoms with E-state index in [0.29, 0.717) is 30.8 Å². The Kier molecular flexibility index (Phi) is 7.17. The van der Waals surface area contributed by atoms with Crippen LogP contribution in [-0.2, 0) is 23.0 Å². The van der Waals surface area contributed by atoms with Crippen LogP contribution in [0.5, 0.6) is 0 Å². The monoisotopic (exact) mass is 441 g/mol. The topological polar surface area (TPSA) is 106 Å². The number of nitrogens with zero attached hydrogens (tertiary/aromatic N) is 3. The van der Waals surface area contributed by atoms with Gasteiger partial charge in [-0.2, -0.15) is 5.10 Å². The number of likely N-dealkylation sites (tertiary alicyclic amines) is 1. The highest BCUT2D eigenvalue weighted by Crippen LogP contribution is 2.16. The molecule has 3 rings (SSSR count). The average Bonchev–Trinajstić information content (AvgIpc) is 3.15. The number of rotatable bonds is 5. The highest BCUT2D eigenvalue weighted by atomic mass is 16.6. The summed E-state index contributed by atoms with van der Waals surface area (Å²) in [5.74, 6) is -0.0853. The predicted octanol–water partition coefficient (Wildman–Crippen LogP) is 2.73. The third-order valence-corrected chi connectivity index (χ3v) is 5.10. The van der Waals surface area contributed by atoms with E-state index in [2.05, 4.69) is 15.7 Å². The molecule has 1 aliphatic heterocycles. The summed E-state index contributed by atoms with van der Waals surface area (Å²) in [6.07, 6.45) is 4.44. The first-order valence-corrected chi connectivity index (χ1v) is 10.8. The van der Waals surface area contributed by atoms with Crippen LogP contribution in [0.15, 0.2) is 36.7 Å². The lowest BCUT2D eigenvalue weighted by molar-refractivity contribution is -0.131. The van der Waals surface area contributed by atoms with Crippen LogP contribution in [-0.4, -0.2) is 57.3 Å². The molecule has 0 bridgehead atoms. The summed E-state index contributed by atoms with van der Waals surface area (Å²) in [5.41, 5.74) is 1.46. The van der Waals surface area contributed by atoms with E-state index in [4.69, 9.17) is 4.74 Å². The van der Waals surface area contributed by atoms with E-state index in [1.165, 1.54) is 0 Å². The molecule has 1 aromatic heterocycles. The number of aryl methyl sites for hydroxylation is 1. The third kappa shape index (κ3) is 6.83. The van der Waals surface area contributed by atoms with Gasteiger partial charge in [0.2, 0.25) is 5.91 Å². The quantitative estimate of drug-likeness (QED) is 0.742. The van der Waals surface area contributed by atoms with Crippen molar-refractivity contribution in [1.29, 1.82) is 0 Å². The van der Waals surface area contributed by atoms with Crippen molar-refractivity contribution < 1.29 is 19.1 Å². The van der Waals surface area contributed by atoms with Crippen LogP contribution in [0, 0.1) is 0 Å². The number of amides is 3. The van der Waals surface area contributed by atoms with Crippen LogP contribution in [0.3, 0.4) is 0 Å². The first-order chi connectivity index (χ1) is 15.1. The number of nitrogens with one attached hydrogen (secondary N) is 2. The van der Waals surface area contributed by atoms with Crippen molar-refractivity contribution in [2.75, 3.05) is 18.4 Å². The Morgan fingerprint density at radius 3 is 2.34 bits per heavy atom. The van der Waals surface area contributed by atoms with Gasteiger partial charge in [-0.1, -0.05) is 12.1 Å². The van der Waals surface area contributed by atoms with Gasteiger partial charge >= 0.3 is 6.09 Å². The molecule has 2 aromatic rings. The molecule has 1 saturated heterocycles. The van der Waals surface area contributed by atoms with E-state index < -0.39 is 11.7 Å². The van der Waals surface area contributed by atoms with Gasteiger partial charge in [0.15, 0.2) is 0 Å². The van der Waals surface area contributed by atoms with Crippen molar-refractivity contribution in [3.05, 3.63) is 47.8 Å². The van der Waals surface area contributed by atoms with Crippen molar-refractivity contribution in [3.63, 3.8) is 0 Å². The maximum Gasteiger partial charge on any atom is 0.412 e. The van der Waals surface area contributed by atoms with Crippen molar-refractivity contribution >= 4 is 23.6 Å². The maximum atomic E-state index is 12.7. The summed E-state index contributed by atoms with van der Waals surface area (Å²) in [4.78, 5) is 38.6. The summed E-state index contributed by atoms with van der Waals surface area (Å²) >= 11 is 0. The van der Waals surface area contributed by atoms with Crippen molar-refractivity contribution in [1.82, 2.24) is 20.0 Å². The lowest BCUT2D eigenvalue weighted by Crippen LogP contribution is -2.46. The van der Waals surface area contributed by atoms with Crippen LogP contribution in [0.4, 0.5) is 10.5 Å². The van der Waals surface area contributed by atoms with Crippen LogP contribution in [0.25, 0.3) is 0 Å². The minimum atomic E-state index is -0.564. The molecule has 0 radical (unpaired) electrons. The minimum absolute atomic E-state index is 0.0463. The lowest BCUT2D eigenvalue weighted by Gasteiger charge is -2.32. The Morgan fingerprint density at radius 1 is 1.12 bits per heavy atom. The Bertz CT molecular complexity index is 954. The first-order valence-electron chi connectivity index (χ1n) is 10.8. The van der Waals surface area contributed by atoms with E-state index in [-0.39, 0.29) is 17.9 Å². The number of hydrogen-bond donors (Lipinski definition) is 2. The molecular weight excluding hydrogens is 410 g/mol. The summed E-state index contributed by atoms with van der Waals surface area (Å²) < 4.78 is 6.83. The molecule has 0 atom stereocenters. The zero-order chi connectivity index (χ0) is 23.3. The number of hydrogen-bond acceptors (Lipinski definition) is 5. The second-order valence-corrected chi connectivity index (χ2v) is 9.03. The van der Waals surface area contributed by atoms with Crippen molar-refractivity contribution in [2.24, 2.45) is 7.05 Å². The maximum absolute atomic E-state index is 12.7. The van der Waals surface area contributed by atoms with Gasteiger partial charge in [-0.15, -0.1) is 0 Å². The fourth-order valence-electron chi connectivity index (χ4n) is 3.49. The number of ether oxygens (including phenoxy) is 1. The fraction of sp³-hybridized carbons (Fsp3) is 0.478. The number of anilines is 1. The normalized spacial score (nSPS) is 14.7. The SMILES string of the molecule is Cn1cc(C(=O)NC2CCN(C(=O)Cc3ccc(NC(=O)OC(C)(C)C)cc3)CC2)cn1. The molecule has 2 N–H and O–H groups in total. The highest BCUT2D eigenvalue weighted by Gasteiger charge is 2.24. The van der Waals surface area contributed by atoms with E-state index in [9.17, 15) is 14.4 Å². The molecule has 2 heterocycles. The Morgan fingerprint density at radius 2 is 1.78 bits per heavy atom. The van der Waals surface area contributed by atoms with Gasteiger partial charge < -0.3 is 15.0 Å². The van der Waals surface area contributed by atoms with Gasteiger partial charge in [-0.25, -0.2) is 4.79 Å². The summed E-state index contributed by atoms with van der Waals surface area (Å²) in [5, 5.41) is 9.71. The summed E-state index contributed by atoms with van der Waals surface area (Å²) in [6.45, 7) is 6.63. The molecule has 9 heteroatoms. The third-order valence-electron chi connectivity index (χ3n) is 5.10. The smallest absolute Gasteiger partial charge is 0.412 e. The molecule has 1 aromatic carbocycles. The zero-order valence-corrected chi connectivity index (χ0v) is 19.1. The van der Waals surface area contributed by atoms with Crippen LogP contribution in [0.1, 0.15) is 49.5 Å². The van der Waals surface area contributed by atoms with Crippen LogP contribution in [0.2, 0.25) is 0 Å². The molecule has 9 nitrogen and oxygen atoms in total. The zero-order valence-electron chi connectivity index (χ0n) is 19.1. The molecule has 32 heavy (non-hydrogen) atoms. The van der Waals surface area contributed by atoms with Gasteiger partial charge in [0.05, 0.1) is 18.2 Å². The second-order valence-electron chi connectivity index (χ2n) is 9.03. The molecule has 0 saturated carbocycles. The standard InChI is InChI=1S/C23H31N5O4/c1-23(2,3)32-22(31)26-18-7-5-16(6-8-18)13-20(29)28-11-9-19(10-12-28)25-21(30)17-14-24-27(4)15-17/h5-8,14-15,19H,9-13H2,1-4H3,(H,25,30)(H,26,31). The van der Waals surface area contributed by atoms with Gasteiger partial charge in [0, 0.05) is 38.1 Å². The van der Waals surface area contributed by atoms with E-state index >= 15 is 0 Å². The second kappa shape index (κ2) is 9.84. The summed E-state index contributed by atoms with van der Waals surface area (Å²) in [7, 11) is 1.77. The molecular formula is C23H31N5O4. The summed E-state index contributed by atoms with van der Waals surface area (Å²) in [6, 6.07) is 7.21. The van der Waals surface area contributed by atoms with Gasteiger partial charge in [0.25, 0.3) is 5.91 Å². The number of benzene rings is 1. The largest absolute Gasteiger partial charge is 0.444 e. The van der Waals surface area contributed by atoms with Gasteiger partial charge in [-0.05, 0) is 51.3 Å². The Hall–Kier alpha value is -3.36. The van der Waals surface area contributed by atoms with Gasteiger partial charge in [-0.3, -0.25) is 19.6 Å². The fourth-order valence-corrected chi connectivity index (χ4v) is 3.49. The Labute approximate surface area is 188 Å². The molecule has 0 unspecified atom stereocenters. The van der Waals surface area contributed by atoms with Crippen molar-refractivity contribution in [2.45, 2.75) is 51.7 Å². The van der Waals surface area contributed by atoms with Crippen LogP contribution < -0.4 is 10.6 Å². The number of carbonyl (C=O) groups is 3. The lowest BCUT2D eigenvalue weighted by atomic mass is 10.0. The highest BCUT2D eigenvalue weighted by molar-refractivity contribution is 5.93. The molecule has 0 aliphatic carbocycles. The van der Waals surface area contributed by atoms with Gasteiger partial charge in [0.1, 0.15) is 5.60 Å². The number of aromatic nitrogens is 2. The average molecular weight is 442 g/mol. The molecule has 0 spiro atoms. The van der Waals surface area contributed by atoms with E-state index in [0.717, 1.165) is 18.4 Å². The van der Waals surface area contributed by atoms with E-state index in [1.54, 1.807) is 57.0 Å². The Balaban J connectivity index is 1.43. The first kappa shape index (κ1) is 23.3. The predicted molar refractivity (Wildman–Crippen MR) is 120 cm³/mol. The number of piperidine rings is 1. The molecule has 172 valence electrons.